The van der Waals surface area contributed by atoms with Crippen LogP contribution in [-0.4, -0.2) is 0 Å². The van der Waals surface area contributed by atoms with E-state index in [1.54, 1.807) is 0 Å². The Morgan fingerprint density at radius 1 is 1.44 bits per heavy atom. The summed E-state index contributed by atoms with van der Waals surface area (Å²) in [7, 11) is 0. The van der Waals surface area contributed by atoms with Gasteiger partial charge >= 0.3 is 0 Å². The minimum absolute atomic E-state index is 0. The van der Waals surface area contributed by atoms with Crippen molar-refractivity contribution in [3.8, 4) is 0 Å². The standard InChI is InChI=1S/C8H17.Y/c1-4-6-7-8(3)5-2;/h4,8H,5-7H2,1-3H3;/q-1;. The summed E-state index contributed by atoms with van der Waals surface area (Å²) in [6.45, 7) is 6.69. The molecule has 0 N–H and O–H groups in total. The van der Waals surface area contributed by atoms with E-state index in [1.807, 2.05) is 0 Å². The van der Waals surface area contributed by atoms with E-state index in [4.69, 9.17) is 0 Å². The van der Waals surface area contributed by atoms with Crippen molar-refractivity contribution in [3.63, 3.8) is 0 Å². The number of hydrogen-bond acceptors (Lipinski definition) is 0. The van der Waals surface area contributed by atoms with Gasteiger partial charge in [0.1, 0.15) is 0 Å². The molecule has 0 aromatic heterocycles. The van der Waals surface area contributed by atoms with Gasteiger partial charge in [0.2, 0.25) is 0 Å². The number of rotatable bonds is 4. The van der Waals surface area contributed by atoms with E-state index < -0.39 is 0 Å². The molecule has 0 bridgehead atoms. The van der Waals surface area contributed by atoms with Crippen LogP contribution < -0.4 is 0 Å². The SMILES string of the molecule is C[CH-]CCC(C)CC.[Y]. The zero-order valence-corrected chi connectivity index (χ0v) is 9.69. The van der Waals surface area contributed by atoms with Crippen LogP contribution >= 0.6 is 0 Å². The van der Waals surface area contributed by atoms with Crippen molar-refractivity contribution in [3.05, 3.63) is 6.42 Å². The Kier molecular flexibility index (Phi) is 12.9. The minimum Gasteiger partial charge on any atom is -0.332 e. The van der Waals surface area contributed by atoms with Crippen molar-refractivity contribution < 1.29 is 32.7 Å². The van der Waals surface area contributed by atoms with E-state index in [1.165, 1.54) is 19.3 Å². The van der Waals surface area contributed by atoms with Crippen LogP contribution in [-0.2, 0) is 32.7 Å². The van der Waals surface area contributed by atoms with E-state index in [9.17, 15) is 0 Å². The first kappa shape index (κ1) is 12.8. The first-order valence-corrected chi connectivity index (χ1v) is 3.59. The molecule has 1 atom stereocenters. The molecule has 0 saturated heterocycles. The predicted molar refractivity (Wildman–Crippen MR) is 38.7 cm³/mol. The normalized spacial score (nSPS) is 12.3. The monoisotopic (exact) mass is 202 g/mol. The second kappa shape index (κ2) is 9.10. The van der Waals surface area contributed by atoms with Crippen LogP contribution in [0.4, 0.5) is 0 Å². The number of unbranched alkanes of at least 4 members (excludes halogenated alkanes) is 1. The van der Waals surface area contributed by atoms with Gasteiger partial charge in [0, 0.05) is 32.7 Å². The van der Waals surface area contributed by atoms with E-state index in [0.29, 0.717) is 0 Å². The second-order valence-electron chi connectivity index (χ2n) is 2.50. The first-order chi connectivity index (χ1) is 3.81. The molecular formula is C8H17Y-. The Labute approximate surface area is 84.7 Å². The molecule has 0 fully saturated rings. The van der Waals surface area contributed by atoms with Crippen LogP contribution in [0.2, 0.25) is 0 Å². The van der Waals surface area contributed by atoms with E-state index in [-0.39, 0.29) is 32.7 Å². The third kappa shape index (κ3) is 9.10. The molecule has 0 aliphatic rings. The topological polar surface area (TPSA) is 0 Å². The fourth-order valence-corrected chi connectivity index (χ4v) is 0.655. The molecular weight excluding hydrogens is 185 g/mol. The average Bonchev–Trinajstić information content (AvgIpc) is 1.83. The smallest absolute Gasteiger partial charge is 0 e. The Hall–Kier alpha value is 1.10. The van der Waals surface area contributed by atoms with Gasteiger partial charge in [-0.3, -0.25) is 0 Å². The molecule has 0 nitrogen and oxygen atoms in total. The molecule has 9 heavy (non-hydrogen) atoms. The van der Waals surface area contributed by atoms with Gasteiger partial charge in [-0.25, -0.2) is 0 Å². The maximum absolute atomic E-state index is 2.31. The summed E-state index contributed by atoms with van der Waals surface area (Å²) in [5.41, 5.74) is 0. The van der Waals surface area contributed by atoms with Crippen molar-refractivity contribution in [1.82, 2.24) is 0 Å². The molecule has 0 heterocycles. The summed E-state index contributed by atoms with van der Waals surface area (Å²) in [6.07, 6.45) is 6.22. The molecule has 0 spiro atoms. The van der Waals surface area contributed by atoms with Crippen molar-refractivity contribution in [1.29, 1.82) is 0 Å². The Balaban J connectivity index is 0. The molecule has 0 aliphatic carbocycles. The maximum atomic E-state index is 2.31. The van der Waals surface area contributed by atoms with E-state index in [0.717, 1.165) is 5.92 Å². The van der Waals surface area contributed by atoms with Gasteiger partial charge in [0.05, 0.1) is 0 Å². The Morgan fingerprint density at radius 2 is 2.00 bits per heavy atom. The van der Waals surface area contributed by atoms with Crippen molar-refractivity contribution >= 4 is 0 Å². The first-order valence-electron chi connectivity index (χ1n) is 3.59. The van der Waals surface area contributed by atoms with Crippen LogP contribution in [0.1, 0.15) is 40.0 Å². The van der Waals surface area contributed by atoms with Gasteiger partial charge in [0.25, 0.3) is 0 Å². The molecule has 0 saturated carbocycles. The number of hydrogen-bond donors (Lipinski definition) is 0. The van der Waals surface area contributed by atoms with Gasteiger partial charge in [0.15, 0.2) is 0 Å². The molecule has 0 aromatic rings. The minimum atomic E-state index is 0. The van der Waals surface area contributed by atoms with E-state index in [2.05, 4.69) is 27.2 Å². The molecule has 0 aromatic carbocycles. The van der Waals surface area contributed by atoms with Gasteiger partial charge in [-0.1, -0.05) is 26.7 Å². The average molecular weight is 202 g/mol. The fourth-order valence-electron chi connectivity index (χ4n) is 0.655. The maximum Gasteiger partial charge on any atom is 0 e. The largest absolute Gasteiger partial charge is 0.332 e. The summed E-state index contributed by atoms with van der Waals surface area (Å²) >= 11 is 0. The molecule has 0 amide bonds. The summed E-state index contributed by atoms with van der Waals surface area (Å²) in [5, 5.41) is 0. The van der Waals surface area contributed by atoms with Crippen LogP contribution in [0.25, 0.3) is 0 Å². The summed E-state index contributed by atoms with van der Waals surface area (Å²) in [4.78, 5) is 0. The molecule has 1 unspecified atom stereocenters. The van der Waals surface area contributed by atoms with Crippen LogP contribution in [0, 0.1) is 12.3 Å². The predicted octanol–water partition coefficient (Wildman–Crippen LogP) is 3.03. The zero-order chi connectivity index (χ0) is 6.41. The Bertz CT molecular complexity index is 43.8. The molecule has 53 valence electrons. The van der Waals surface area contributed by atoms with Crippen molar-refractivity contribution in [2.75, 3.05) is 0 Å². The third-order valence-corrected chi connectivity index (χ3v) is 1.65. The van der Waals surface area contributed by atoms with Gasteiger partial charge < -0.3 is 6.42 Å². The van der Waals surface area contributed by atoms with Crippen molar-refractivity contribution in [2.24, 2.45) is 5.92 Å². The fraction of sp³-hybridized carbons (Fsp3) is 0.875. The second-order valence-corrected chi connectivity index (χ2v) is 2.50. The third-order valence-electron chi connectivity index (χ3n) is 1.65. The van der Waals surface area contributed by atoms with Crippen molar-refractivity contribution in [2.45, 2.75) is 40.0 Å². The zero-order valence-electron chi connectivity index (χ0n) is 6.85. The van der Waals surface area contributed by atoms with Crippen LogP contribution in [0.3, 0.4) is 0 Å². The summed E-state index contributed by atoms with van der Waals surface area (Å²) < 4.78 is 0. The Morgan fingerprint density at radius 3 is 2.33 bits per heavy atom. The van der Waals surface area contributed by atoms with Gasteiger partial charge in [-0.2, -0.15) is 13.3 Å². The quantitative estimate of drug-likeness (QED) is 0.614. The molecule has 1 radical (unpaired) electrons. The summed E-state index contributed by atoms with van der Waals surface area (Å²) in [5.74, 6) is 0.922. The van der Waals surface area contributed by atoms with Gasteiger partial charge in [-0.15, -0.1) is 0 Å². The van der Waals surface area contributed by atoms with Crippen LogP contribution in [0.15, 0.2) is 0 Å². The summed E-state index contributed by atoms with van der Waals surface area (Å²) in [6, 6.07) is 0. The van der Waals surface area contributed by atoms with Crippen LogP contribution in [0.5, 0.6) is 0 Å². The molecule has 0 rings (SSSR count). The molecule has 0 aliphatic heterocycles. The van der Waals surface area contributed by atoms with Gasteiger partial charge in [-0.05, 0) is 5.92 Å². The molecule has 1 heteroatoms. The van der Waals surface area contributed by atoms with E-state index >= 15 is 0 Å².